The highest BCUT2D eigenvalue weighted by Crippen LogP contribution is 2.44. The first-order valence-corrected chi connectivity index (χ1v) is 12.1. The van der Waals surface area contributed by atoms with Gasteiger partial charge in [0.25, 0.3) is 10.0 Å². The third kappa shape index (κ3) is 3.44. The maximum absolute atomic E-state index is 13.0. The molecule has 0 radical (unpaired) electrons. The van der Waals surface area contributed by atoms with Gasteiger partial charge in [-0.25, -0.2) is 4.98 Å². The van der Waals surface area contributed by atoms with Gasteiger partial charge in [-0.05, 0) is 18.6 Å². The van der Waals surface area contributed by atoms with Crippen molar-refractivity contribution in [3.05, 3.63) is 36.7 Å². The summed E-state index contributed by atoms with van der Waals surface area (Å²) in [5.74, 6) is 0.805. The van der Waals surface area contributed by atoms with Crippen LogP contribution in [0, 0.1) is 0 Å². The summed E-state index contributed by atoms with van der Waals surface area (Å²) in [5.41, 5.74) is 3.96. The van der Waals surface area contributed by atoms with Gasteiger partial charge < -0.3 is 14.2 Å². The van der Waals surface area contributed by atoms with E-state index in [0.717, 1.165) is 40.9 Å². The first kappa shape index (κ1) is 20.6. The second-order valence-corrected chi connectivity index (χ2v) is 9.90. The maximum atomic E-state index is 13.0. The molecular weight excluding hydrogens is 428 g/mol. The second kappa shape index (κ2) is 7.70. The molecular formula is C22H26N6O3S. The van der Waals surface area contributed by atoms with Crippen LogP contribution in [0.2, 0.25) is 0 Å². The van der Waals surface area contributed by atoms with Gasteiger partial charge in [0.15, 0.2) is 5.04 Å². The molecule has 0 fully saturated rings. The molecule has 0 aliphatic carbocycles. The lowest BCUT2D eigenvalue weighted by atomic mass is 10.0. The summed E-state index contributed by atoms with van der Waals surface area (Å²) in [4.78, 5) is 6.70. The van der Waals surface area contributed by atoms with Gasteiger partial charge in [0, 0.05) is 64.2 Å². The summed E-state index contributed by atoms with van der Waals surface area (Å²) < 4.78 is 36.9. The zero-order chi connectivity index (χ0) is 22.5. The molecule has 9 nitrogen and oxygen atoms in total. The molecule has 2 aliphatic heterocycles. The van der Waals surface area contributed by atoms with Crippen LogP contribution in [0.5, 0.6) is 5.75 Å². The number of nitrogens with one attached hydrogen (secondary N) is 1. The normalized spacial score (nSPS) is 16.5. The van der Waals surface area contributed by atoms with Crippen molar-refractivity contribution in [3.8, 4) is 16.9 Å². The van der Waals surface area contributed by atoms with E-state index in [4.69, 9.17) is 4.74 Å². The van der Waals surface area contributed by atoms with Crippen molar-refractivity contribution < 1.29 is 13.2 Å². The zero-order valence-electron chi connectivity index (χ0n) is 18.4. The van der Waals surface area contributed by atoms with Gasteiger partial charge in [-0.3, -0.25) is 9.73 Å². The largest absolute Gasteiger partial charge is 0.491 e. The maximum Gasteiger partial charge on any atom is 0.277 e. The predicted octanol–water partition coefficient (Wildman–Crippen LogP) is 2.85. The number of aryl methyl sites for hydroxylation is 1. The molecule has 0 saturated heterocycles. The Morgan fingerprint density at radius 3 is 2.72 bits per heavy atom. The number of fused-ring (bicyclic) bond motifs is 2. The second-order valence-electron chi connectivity index (χ2n) is 8.22. The SMILES string of the molecule is CN1CCC(S(=O)(=O)Nc2ccnc3c2c(-c2cccc4c2OCCCN4C)cn3C)=N1. The lowest BCUT2D eigenvalue weighted by molar-refractivity contribution is 0.324. The number of hydrogen-bond acceptors (Lipinski definition) is 7. The van der Waals surface area contributed by atoms with Crippen molar-refractivity contribution in [1.29, 1.82) is 0 Å². The Kier molecular flexibility index (Phi) is 4.96. The Balaban J connectivity index is 1.67. The van der Waals surface area contributed by atoms with Crippen molar-refractivity contribution in [3.63, 3.8) is 0 Å². The summed E-state index contributed by atoms with van der Waals surface area (Å²) in [6, 6.07) is 7.75. The minimum absolute atomic E-state index is 0.140. The van der Waals surface area contributed by atoms with E-state index in [2.05, 4.69) is 26.8 Å². The van der Waals surface area contributed by atoms with Crippen molar-refractivity contribution in [2.75, 3.05) is 43.4 Å². The van der Waals surface area contributed by atoms with Gasteiger partial charge >= 0.3 is 0 Å². The number of aromatic nitrogens is 2. The first-order chi connectivity index (χ1) is 15.3. The number of pyridine rings is 1. The Bertz CT molecular complexity index is 1330. The summed E-state index contributed by atoms with van der Waals surface area (Å²) in [5, 5.41) is 6.66. The van der Waals surface area contributed by atoms with Crippen LogP contribution in [0.4, 0.5) is 11.4 Å². The molecule has 0 amide bonds. The number of benzene rings is 1. The van der Waals surface area contributed by atoms with Gasteiger partial charge in [0.05, 0.1) is 23.4 Å². The van der Waals surface area contributed by atoms with E-state index in [1.54, 1.807) is 24.3 Å². The Morgan fingerprint density at radius 2 is 1.94 bits per heavy atom. The molecule has 2 aromatic heterocycles. The number of rotatable bonds is 3. The summed E-state index contributed by atoms with van der Waals surface area (Å²) in [6.45, 7) is 2.12. The van der Waals surface area contributed by atoms with Crippen LogP contribution in [-0.2, 0) is 17.1 Å². The van der Waals surface area contributed by atoms with E-state index in [0.29, 0.717) is 30.9 Å². The van der Waals surface area contributed by atoms with Crippen molar-refractivity contribution in [2.24, 2.45) is 12.1 Å². The number of sulfonamides is 1. The highest BCUT2D eigenvalue weighted by atomic mass is 32.2. The first-order valence-electron chi connectivity index (χ1n) is 10.6. The molecule has 0 unspecified atom stereocenters. The molecule has 3 aromatic rings. The monoisotopic (exact) mass is 454 g/mol. The van der Waals surface area contributed by atoms with E-state index in [-0.39, 0.29) is 5.04 Å². The molecule has 2 aliphatic rings. The number of nitrogens with zero attached hydrogens (tertiary/aromatic N) is 5. The highest BCUT2D eigenvalue weighted by Gasteiger charge is 2.27. The third-order valence-electron chi connectivity index (χ3n) is 5.92. The summed E-state index contributed by atoms with van der Waals surface area (Å²) in [6.07, 6.45) is 4.90. The van der Waals surface area contributed by atoms with E-state index in [1.165, 1.54) is 0 Å². The Labute approximate surface area is 187 Å². The minimum atomic E-state index is -3.78. The fraction of sp³-hybridized carbons (Fsp3) is 0.364. The van der Waals surface area contributed by atoms with E-state index in [1.807, 2.05) is 36.0 Å². The lowest BCUT2D eigenvalue weighted by Gasteiger charge is -2.20. The van der Waals surface area contributed by atoms with Crippen LogP contribution >= 0.6 is 0 Å². The quantitative estimate of drug-likeness (QED) is 0.654. The van der Waals surface area contributed by atoms with Crippen molar-refractivity contribution >= 4 is 37.5 Å². The number of ether oxygens (including phenoxy) is 1. The van der Waals surface area contributed by atoms with Crippen molar-refractivity contribution in [2.45, 2.75) is 12.8 Å². The molecule has 1 N–H and O–H groups in total. The summed E-state index contributed by atoms with van der Waals surface area (Å²) >= 11 is 0. The average molecular weight is 455 g/mol. The van der Waals surface area contributed by atoms with Crippen LogP contribution in [0.1, 0.15) is 12.8 Å². The molecule has 1 aromatic carbocycles. The number of hydrazone groups is 1. The fourth-order valence-corrected chi connectivity index (χ4v) is 5.50. The third-order valence-corrected chi connectivity index (χ3v) is 7.32. The molecule has 10 heteroatoms. The molecule has 5 rings (SSSR count). The van der Waals surface area contributed by atoms with Gasteiger partial charge in [-0.2, -0.15) is 13.5 Å². The minimum Gasteiger partial charge on any atom is -0.491 e. The Hall–Kier alpha value is -3.27. The predicted molar refractivity (Wildman–Crippen MR) is 127 cm³/mol. The molecule has 0 saturated carbocycles. The number of hydrogen-bond donors (Lipinski definition) is 1. The zero-order valence-corrected chi connectivity index (χ0v) is 19.2. The van der Waals surface area contributed by atoms with Crippen LogP contribution < -0.4 is 14.4 Å². The van der Waals surface area contributed by atoms with Crippen LogP contribution in [0.3, 0.4) is 0 Å². The van der Waals surface area contributed by atoms with Crippen LogP contribution in [0.15, 0.2) is 41.8 Å². The van der Waals surface area contributed by atoms with Gasteiger partial charge in [0.1, 0.15) is 11.4 Å². The molecule has 0 atom stereocenters. The molecule has 168 valence electrons. The van der Waals surface area contributed by atoms with Gasteiger partial charge in [-0.1, -0.05) is 12.1 Å². The summed E-state index contributed by atoms with van der Waals surface area (Å²) in [7, 11) is 1.95. The molecule has 0 bridgehead atoms. The van der Waals surface area contributed by atoms with E-state index >= 15 is 0 Å². The van der Waals surface area contributed by atoms with E-state index in [9.17, 15) is 8.42 Å². The van der Waals surface area contributed by atoms with Crippen LogP contribution in [-0.4, -0.2) is 61.8 Å². The lowest BCUT2D eigenvalue weighted by Crippen LogP contribution is -2.22. The fourth-order valence-electron chi connectivity index (χ4n) is 4.32. The molecule has 32 heavy (non-hydrogen) atoms. The number of para-hydroxylation sites is 1. The van der Waals surface area contributed by atoms with E-state index < -0.39 is 10.0 Å². The standard InChI is InChI=1S/C22H26N6O3S/c1-26-11-5-13-31-21-15(6-4-7-18(21)26)16-14-27(2)22-20(16)17(8-10-23-22)25-32(29,30)19-9-12-28(3)24-19/h4,6-8,10,14H,5,9,11-13H2,1-3H3,(H,23,25). The number of anilines is 2. The molecule has 0 spiro atoms. The van der Waals surface area contributed by atoms with Gasteiger partial charge in [0.2, 0.25) is 0 Å². The van der Waals surface area contributed by atoms with Crippen LogP contribution in [0.25, 0.3) is 22.2 Å². The Morgan fingerprint density at radius 1 is 1.09 bits per heavy atom. The highest BCUT2D eigenvalue weighted by molar-refractivity contribution is 8.07. The van der Waals surface area contributed by atoms with Gasteiger partial charge in [-0.15, -0.1) is 0 Å². The molecule has 4 heterocycles. The average Bonchev–Trinajstić information content (AvgIpc) is 3.29. The van der Waals surface area contributed by atoms with Crippen molar-refractivity contribution in [1.82, 2.24) is 14.6 Å². The smallest absolute Gasteiger partial charge is 0.277 e. The topological polar surface area (TPSA) is 92.1 Å².